The Morgan fingerprint density at radius 3 is 3.05 bits per heavy atom. The molecule has 5 nitrogen and oxygen atoms in total. The van der Waals surface area contributed by atoms with Crippen LogP contribution in [0.2, 0.25) is 0 Å². The molecule has 0 fully saturated rings. The summed E-state index contributed by atoms with van der Waals surface area (Å²) in [5, 5.41) is 13.9. The van der Waals surface area contributed by atoms with E-state index in [1.165, 1.54) is 0 Å². The van der Waals surface area contributed by atoms with Gasteiger partial charge in [0.05, 0.1) is 5.56 Å². The third-order valence-electron chi connectivity index (χ3n) is 3.26. The highest BCUT2D eigenvalue weighted by Gasteiger charge is 2.19. The van der Waals surface area contributed by atoms with E-state index in [1.54, 1.807) is 11.3 Å². The number of hydrogen-bond donors (Lipinski definition) is 1. The Labute approximate surface area is 128 Å². The summed E-state index contributed by atoms with van der Waals surface area (Å²) in [5.74, 6) is 1.58. The van der Waals surface area contributed by atoms with E-state index in [0.29, 0.717) is 13.2 Å². The largest absolute Gasteiger partial charge is 0.486 e. The van der Waals surface area contributed by atoms with E-state index in [9.17, 15) is 0 Å². The average Bonchev–Trinajstić information content (AvgIpc) is 3.00. The zero-order chi connectivity index (χ0) is 14.5. The predicted molar refractivity (Wildman–Crippen MR) is 83.2 cm³/mol. The molecule has 0 atom stereocenters. The first-order chi connectivity index (χ1) is 10.4. The molecule has 0 spiro atoms. The first kappa shape index (κ1) is 14.3. The molecule has 1 aliphatic rings. The summed E-state index contributed by atoms with van der Waals surface area (Å²) < 4.78 is 11.3. The number of aromatic nitrogens is 2. The van der Waals surface area contributed by atoms with Gasteiger partial charge in [-0.05, 0) is 31.6 Å². The van der Waals surface area contributed by atoms with E-state index < -0.39 is 0 Å². The van der Waals surface area contributed by atoms with Crippen molar-refractivity contribution in [3.63, 3.8) is 0 Å². The normalized spacial score (nSPS) is 13.4. The van der Waals surface area contributed by atoms with E-state index in [-0.39, 0.29) is 0 Å². The van der Waals surface area contributed by atoms with Gasteiger partial charge in [0.25, 0.3) is 0 Å². The minimum Gasteiger partial charge on any atom is -0.486 e. The Bertz CT molecular complexity index is 600. The highest BCUT2D eigenvalue weighted by molar-refractivity contribution is 7.14. The molecule has 1 N–H and O–H groups in total. The van der Waals surface area contributed by atoms with Gasteiger partial charge in [0.15, 0.2) is 16.5 Å². The van der Waals surface area contributed by atoms with Crippen LogP contribution >= 0.6 is 11.3 Å². The zero-order valence-electron chi connectivity index (χ0n) is 12.1. The van der Waals surface area contributed by atoms with Crippen molar-refractivity contribution < 1.29 is 9.47 Å². The number of fused-ring (bicyclic) bond motifs is 1. The van der Waals surface area contributed by atoms with Crippen LogP contribution in [-0.2, 0) is 6.42 Å². The molecule has 1 aliphatic heterocycles. The molecule has 0 aliphatic carbocycles. The van der Waals surface area contributed by atoms with Crippen LogP contribution in [-0.4, -0.2) is 36.5 Å². The Kier molecular flexibility index (Phi) is 4.67. The zero-order valence-corrected chi connectivity index (χ0v) is 12.9. The topological polar surface area (TPSA) is 56.3 Å². The molecule has 0 saturated heterocycles. The number of benzene rings is 1. The van der Waals surface area contributed by atoms with Crippen LogP contribution in [0.4, 0.5) is 0 Å². The van der Waals surface area contributed by atoms with Crippen molar-refractivity contribution in [2.24, 2.45) is 0 Å². The molecule has 0 amide bonds. The van der Waals surface area contributed by atoms with E-state index in [1.807, 2.05) is 18.2 Å². The molecule has 21 heavy (non-hydrogen) atoms. The molecule has 3 rings (SSSR count). The van der Waals surface area contributed by atoms with Crippen LogP contribution in [0.3, 0.4) is 0 Å². The van der Waals surface area contributed by atoms with Crippen molar-refractivity contribution >= 4 is 11.3 Å². The number of nitrogens with zero attached hydrogens (tertiary/aromatic N) is 2. The highest BCUT2D eigenvalue weighted by Crippen LogP contribution is 2.40. The maximum Gasteiger partial charge on any atom is 0.171 e. The molecule has 6 heteroatoms. The number of nitrogens with one attached hydrogen (secondary N) is 1. The Hall–Kier alpha value is -1.66. The summed E-state index contributed by atoms with van der Waals surface area (Å²) in [7, 11) is 0. The monoisotopic (exact) mass is 305 g/mol. The molecule has 0 saturated carbocycles. The van der Waals surface area contributed by atoms with Gasteiger partial charge >= 0.3 is 0 Å². The lowest BCUT2D eigenvalue weighted by Crippen LogP contribution is -2.15. The van der Waals surface area contributed by atoms with Crippen molar-refractivity contribution in [1.29, 1.82) is 0 Å². The maximum atomic E-state index is 5.74. The number of rotatable bonds is 6. The Morgan fingerprint density at radius 2 is 2.14 bits per heavy atom. The van der Waals surface area contributed by atoms with Gasteiger partial charge in [0.1, 0.15) is 18.2 Å². The fourth-order valence-electron chi connectivity index (χ4n) is 2.25. The fourth-order valence-corrected chi connectivity index (χ4v) is 3.15. The summed E-state index contributed by atoms with van der Waals surface area (Å²) in [5.41, 5.74) is 0.975. The summed E-state index contributed by atoms with van der Waals surface area (Å²) in [6, 6.07) is 5.90. The molecular formula is C15H19N3O2S. The third kappa shape index (κ3) is 3.33. The SMILES string of the molecule is CCNCCCc1nnc(-c2cccc3c2OCCO3)s1. The summed E-state index contributed by atoms with van der Waals surface area (Å²) in [6.45, 7) is 5.32. The molecule has 2 aromatic rings. The molecular weight excluding hydrogens is 286 g/mol. The standard InChI is InChI=1S/C15H19N3O2S/c1-2-16-8-4-7-13-17-18-15(21-13)11-5-3-6-12-14(11)20-10-9-19-12/h3,5-6,16H,2,4,7-10H2,1H3. The van der Waals surface area contributed by atoms with Crippen LogP contribution in [0.5, 0.6) is 11.5 Å². The Morgan fingerprint density at radius 1 is 1.24 bits per heavy atom. The van der Waals surface area contributed by atoms with E-state index in [0.717, 1.165) is 53.0 Å². The number of aryl methyl sites for hydroxylation is 1. The van der Waals surface area contributed by atoms with E-state index >= 15 is 0 Å². The van der Waals surface area contributed by atoms with Gasteiger partial charge in [0, 0.05) is 6.42 Å². The second-order valence-electron chi connectivity index (χ2n) is 4.79. The van der Waals surface area contributed by atoms with Crippen LogP contribution in [0.1, 0.15) is 18.4 Å². The second kappa shape index (κ2) is 6.87. The molecule has 0 radical (unpaired) electrons. The number of ether oxygens (including phenoxy) is 2. The minimum atomic E-state index is 0.582. The molecule has 112 valence electrons. The lowest BCUT2D eigenvalue weighted by atomic mass is 10.2. The number of hydrogen-bond acceptors (Lipinski definition) is 6. The van der Waals surface area contributed by atoms with Crippen LogP contribution in [0.25, 0.3) is 10.6 Å². The van der Waals surface area contributed by atoms with Crippen molar-refractivity contribution in [2.45, 2.75) is 19.8 Å². The van der Waals surface area contributed by atoms with Gasteiger partial charge in [-0.3, -0.25) is 0 Å². The van der Waals surface area contributed by atoms with Crippen molar-refractivity contribution in [2.75, 3.05) is 26.3 Å². The fraction of sp³-hybridized carbons (Fsp3) is 0.467. The van der Waals surface area contributed by atoms with Crippen molar-refractivity contribution in [3.8, 4) is 22.1 Å². The summed E-state index contributed by atoms with van der Waals surface area (Å²) >= 11 is 1.63. The van der Waals surface area contributed by atoms with Gasteiger partial charge in [-0.15, -0.1) is 10.2 Å². The molecule has 2 heterocycles. The van der Waals surface area contributed by atoms with E-state index in [2.05, 4.69) is 22.4 Å². The average molecular weight is 305 g/mol. The van der Waals surface area contributed by atoms with Gasteiger partial charge in [-0.1, -0.05) is 24.3 Å². The smallest absolute Gasteiger partial charge is 0.171 e. The summed E-state index contributed by atoms with van der Waals surface area (Å²) in [6.07, 6.45) is 2.03. The van der Waals surface area contributed by atoms with E-state index in [4.69, 9.17) is 9.47 Å². The lowest BCUT2D eigenvalue weighted by molar-refractivity contribution is 0.172. The van der Waals surface area contributed by atoms with Crippen molar-refractivity contribution in [1.82, 2.24) is 15.5 Å². The highest BCUT2D eigenvalue weighted by atomic mass is 32.1. The maximum absolute atomic E-state index is 5.74. The lowest BCUT2D eigenvalue weighted by Gasteiger charge is -2.19. The minimum absolute atomic E-state index is 0.582. The van der Waals surface area contributed by atoms with Crippen LogP contribution in [0, 0.1) is 0 Å². The first-order valence-corrected chi connectivity index (χ1v) is 8.12. The molecule has 1 aromatic heterocycles. The quantitative estimate of drug-likeness (QED) is 0.831. The van der Waals surface area contributed by atoms with Gasteiger partial charge in [-0.25, -0.2) is 0 Å². The first-order valence-electron chi connectivity index (χ1n) is 7.30. The Balaban J connectivity index is 1.74. The van der Waals surface area contributed by atoms with Crippen LogP contribution in [0.15, 0.2) is 18.2 Å². The number of para-hydroxylation sites is 1. The van der Waals surface area contributed by atoms with Crippen molar-refractivity contribution in [3.05, 3.63) is 23.2 Å². The molecule has 0 unspecified atom stereocenters. The van der Waals surface area contributed by atoms with Crippen LogP contribution < -0.4 is 14.8 Å². The van der Waals surface area contributed by atoms with Gasteiger partial charge in [0.2, 0.25) is 0 Å². The third-order valence-corrected chi connectivity index (χ3v) is 4.27. The molecule has 1 aromatic carbocycles. The summed E-state index contributed by atoms with van der Waals surface area (Å²) in [4.78, 5) is 0. The molecule has 0 bridgehead atoms. The second-order valence-corrected chi connectivity index (χ2v) is 5.85. The van der Waals surface area contributed by atoms with Gasteiger partial charge < -0.3 is 14.8 Å². The van der Waals surface area contributed by atoms with Gasteiger partial charge in [-0.2, -0.15) is 0 Å². The predicted octanol–water partition coefficient (Wildman–Crippen LogP) is 2.52.